The molecule has 3 rings (SSSR count). The lowest BCUT2D eigenvalue weighted by atomic mass is 10.1. The van der Waals surface area contributed by atoms with E-state index in [9.17, 15) is 14.9 Å². The Balaban J connectivity index is 1.94. The summed E-state index contributed by atoms with van der Waals surface area (Å²) >= 11 is 14.4. The number of nitrogens with zero attached hydrogens (tertiary/aromatic N) is 2. The molecule has 2 aromatic heterocycles. The Kier molecular flexibility index (Phi) is 8.69. The molecule has 0 aliphatic carbocycles. The minimum absolute atomic E-state index is 0.179. The van der Waals surface area contributed by atoms with Crippen LogP contribution in [0.4, 0.5) is 5.00 Å². The molecule has 0 fully saturated rings. The summed E-state index contributed by atoms with van der Waals surface area (Å²) in [7, 11) is 0. The van der Waals surface area contributed by atoms with Crippen LogP contribution in [-0.2, 0) is 9.47 Å². The number of thiophene rings is 1. The van der Waals surface area contributed by atoms with Crippen LogP contribution in [0.3, 0.4) is 0 Å². The third-order valence-electron chi connectivity index (χ3n) is 4.51. The summed E-state index contributed by atoms with van der Waals surface area (Å²) in [6.45, 7) is 5.43. The topological polar surface area (TPSA) is 101 Å². The molecule has 0 saturated carbocycles. The zero-order valence-corrected chi connectivity index (χ0v) is 21.5. The Hall–Kier alpha value is -2.90. The largest absolute Gasteiger partial charge is 0.462 e. The second-order valence-electron chi connectivity index (χ2n) is 6.68. The molecular weight excluding hydrogens is 517 g/mol. The molecule has 0 unspecified atom stereocenters. The SMILES string of the molecule is CCOC(=O)c1sc(NC=C(C#N)c2nc(-c3ccc(Cl)c(Cl)c3)cs2)c(C(=O)OCC)c1C. The zero-order valence-electron chi connectivity index (χ0n) is 18.4. The van der Waals surface area contributed by atoms with Crippen LogP contribution < -0.4 is 5.32 Å². The number of nitriles is 1. The maximum Gasteiger partial charge on any atom is 0.348 e. The number of rotatable bonds is 8. The molecule has 0 saturated heterocycles. The number of anilines is 1. The van der Waals surface area contributed by atoms with E-state index in [0.29, 0.717) is 31.3 Å². The number of hydrogen-bond donors (Lipinski definition) is 1. The number of carbonyl (C=O) groups is 2. The highest BCUT2D eigenvalue weighted by atomic mass is 35.5. The fourth-order valence-corrected chi connectivity index (χ4v) is 5.07. The average Bonchev–Trinajstić information content (AvgIpc) is 3.41. The first-order valence-corrected chi connectivity index (χ1v) is 12.5. The van der Waals surface area contributed by atoms with Crippen LogP contribution in [0.1, 0.15) is 44.4 Å². The molecule has 0 bridgehead atoms. The predicted octanol–water partition coefficient (Wildman–Crippen LogP) is 6.82. The van der Waals surface area contributed by atoms with Crippen LogP contribution in [0.15, 0.2) is 29.8 Å². The van der Waals surface area contributed by atoms with Crippen LogP contribution in [0, 0.1) is 18.3 Å². The number of nitrogens with one attached hydrogen (secondary N) is 1. The molecule has 0 spiro atoms. The van der Waals surface area contributed by atoms with E-state index in [-0.39, 0.29) is 29.2 Å². The first-order valence-electron chi connectivity index (χ1n) is 10.1. The van der Waals surface area contributed by atoms with Crippen molar-refractivity contribution in [2.24, 2.45) is 0 Å². The van der Waals surface area contributed by atoms with E-state index in [1.165, 1.54) is 17.5 Å². The second kappa shape index (κ2) is 11.5. The van der Waals surface area contributed by atoms with E-state index in [4.69, 9.17) is 32.7 Å². The minimum Gasteiger partial charge on any atom is -0.462 e. The lowest BCUT2D eigenvalue weighted by Crippen LogP contribution is -2.09. The summed E-state index contributed by atoms with van der Waals surface area (Å²) in [6.07, 6.45) is 1.44. The van der Waals surface area contributed by atoms with E-state index >= 15 is 0 Å². The van der Waals surface area contributed by atoms with Crippen molar-refractivity contribution in [3.05, 3.63) is 60.8 Å². The fraction of sp³-hybridized carbons (Fsp3) is 0.217. The van der Waals surface area contributed by atoms with Crippen molar-refractivity contribution in [3.8, 4) is 17.3 Å². The molecule has 0 amide bonds. The molecule has 34 heavy (non-hydrogen) atoms. The van der Waals surface area contributed by atoms with E-state index < -0.39 is 11.9 Å². The molecule has 0 aliphatic rings. The van der Waals surface area contributed by atoms with Crippen molar-refractivity contribution in [1.82, 2.24) is 4.98 Å². The van der Waals surface area contributed by atoms with Crippen LogP contribution >= 0.6 is 45.9 Å². The van der Waals surface area contributed by atoms with Crippen molar-refractivity contribution >= 4 is 68.4 Å². The van der Waals surface area contributed by atoms with Crippen molar-refractivity contribution in [3.63, 3.8) is 0 Å². The van der Waals surface area contributed by atoms with Gasteiger partial charge >= 0.3 is 11.9 Å². The summed E-state index contributed by atoms with van der Waals surface area (Å²) < 4.78 is 10.2. The standard InChI is InChI=1S/C23H19Cl2N3O4S2/c1-4-31-22(29)18-12(3)19(23(30)32-5-2)34-21(18)27-10-14(9-26)20-28-17(11-33-20)13-6-7-15(24)16(25)8-13/h6-8,10-11,27H,4-5H2,1-3H3. The third-order valence-corrected chi connectivity index (χ3v) is 7.32. The number of halogens is 2. The van der Waals surface area contributed by atoms with Crippen LogP contribution in [-0.4, -0.2) is 30.1 Å². The summed E-state index contributed by atoms with van der Waals surface area (Å²) in [4.78, 5) is 29.7. The van der Waals surface area contributed by atoms with Crippen LogP contribution in [0.25, 0.3) is 16.8 Å². The molecule has 7 nitrogen and oxygen atoms in total. The van der Waals surface area contributed by atoms with E-state index in [2.05, 4.69) is 16.4 Å². The quantitative estimate of drug-likeness (QED) is 0.249. The first-order chi connectivity index (χ1) is 16.3. The van der Waals surface area contributed by atoms with Gasteiger partial charge in [0.2, 0.25) is 0 Å². The number of thiazole rings is 1. The Labute approximate surface area is 214 Å². The number of benzene rings is 1. The predicted molar refractivity (Wildman–Crippen MR) is 136 cm³/mol. The van der Waals surface area contributed by atoms with Gasteiger partial charge in [0.15, 0.2) is 0 Å². The fourth-order valence-electron chi connectivity index (χ4n) is 2.92. The average molecular weight is 536 g/mol. The molecule has 0 atom stereocenters. The lowest BCUT2D eigenvalue weighted by Gasteiger charge is -2.05. The highest BCUT2D eigenvalue weighted by Gasteiger charge is 2.26. The number of allylic oxidation sites excluding steroid dienone is 1. The Bertz CT molecular complexity index is 1310. The zero-order chi connectivity index (χ0) is 24.8. The summed E-state index contributed by atoms with van der Waals surface area (Å²) in [5.74, 6) is -1.10. The van der Waals surface area contributed by atoms with Crippen molar-refractivity contribution in [1.29, 1.82) is 5.26 Å². The normalized spacial score (nSPS) is 11.1. The summed E-state index contributed by atoms with van der Waals surface area (Å²) in [5, 5.41) is 16.2. The second-order valence-corrected chi connectivity index (χ2v) is 9.38. The van der Waals surface area contributed by atoms with Gasteiger partial charge in [-0.2, -0.15) is 5.26 Å². The smallest absolute Gasteiger partial charge is 0.348 e. The maximum absolute atomic E-state index is 12.6. The molecule has 2 heterocycles. The first kappa shape index (κ1) is 25.7. The molecule has 11 heteroatoms. The third kappa shape index (κ3) is 5.59. The lowest BCUT2D eigenvalue weighted by molar-refractivity contribution is 0.0527. The van der Waals surface area contributed by atoms with Crippen LogP contribution in [0.2, 0.25) is 10.0 Å². The van der Waals surface area contributed by atoms with Gasteiger partial charge in [-0.15, -0.1) is 22.7 Å². The highest BCUT2D eigenvalue weighted by Crippen LogP contribution is 2.35. The minimum atomic E-state index is -0.572. The van der Waals surface area contributed by atoms with Gasteiger partial charge in [0.1, 0.15) is 26.5 Å². The van der Waals surface area contributed by atoms with E-state index in [0.717, 1.165) is 16.9 Å². The van der Waals surface area contributed by atoms with Gasteiger partial charge in [-0.05, 0) is 38.5 Å². The maximum atomic E-state index is 12.6. The van der Waals surface area contributed by atoms with Gasteiger partial charge < -0.3 is 14.8 Å². The Morgan fingerprint density at radius 1 is 1.18 bits per heavy atom. The van der Waals surface area contributed by atoms with Gasteiger partial charge in [0, 0.05) is 17.1 Å². The monoisotopic (exact) mass is 535 g/mol. The Morgan fingerprint density at radius 3 is 2.53 bits per heavy atom. The van der Waals surface area contributed by atoms with Gasteiger partial charge in [-0.25, -0.2) is 14.6 Å². The van der Waals surface area contributed by atoms with Gasteiger partial charge in [-0.3, -0.25) is 0 Å². The van der Waals surface area contributed by atoms with E-state index in [1.807, 2.05) is 0 Å². The van der Waals surface area contributed by atoms with E-state index in [1.54, 1.807) is 44.4 Å². The van der Waals surface area contributed by atoms with Gasteiger partial charge in [0.25, 0.3) is 0 Å². The van der Waals surface area contributed by atoms with Crippen molar-refractivity contribution in [2.75, 3.05) is 18.5 Å². The van der Waals surface area contributed by atoms with Gasteiger partial charge in [-0.1, -0.05) is 29.3 Å². The molecule has 0 radical (unpaired) electrons. The molecule has 0 aliphatic heterocycles. The number of aromatic nitrogens is 1. The van der Waals surface area contributed by atoms with Crippen molar-refractivity contribution in [2.45, 2.75) is 20.8 Å². The molecule has 1 N–H and O–H groups in total. The molecular formula is C23H19Cl2N3O4S2. The molecule has 176 valence electrons. The molecule has 3 aromatic rings. The van der Waals surface area contributed by atoms with Gasteiger partial charge in [0.05, 0.1) is 34.5 Å². The number of ether oxygens (including phenoxy) is 2. The number of hydrogen-bond acceptors (Lipinski definition) is 9. The molecule has 1 aromatic carbocycles. The Morgan fingerprint density at radius 2 is 1.88 bits per heavy atom. The summed E-state index contributed by atoms with van der Waals surface area (Å²) in [6, 6.07) is 7.28. The number of carbonyl (C=O) groups excluding carboxylic acids is 2. The number of esters is 2. The highest BCUT2D eigenvalue weighted by molar-refractivity contribution is 7.18. The van der Waals surface area contributed by atoms with Crippen molar-refractivity contribution < 1.29 is 19.1 Å². The van der Waals surface area contributed by atoms with Crippen LogP contribution in [0.5, 0.6) is 0 Å². The summed E-state index contributed by atoms with van der Waals surface area (Å²) in [5.41, 5.74) is 2.32.